The lowest BCUT2D eigenvalue weighted by Gasteiger charge is -2.26. The normalized spacial score (nSPS) is 27.9. The van der Waals surface area contributed by atoms with Gasteiger partial charge in [-0.05, 0) is 54.3 Å². The number of halogens is 1. The van der Waals surface area contributed by atoms with E-state index in [0.717, 1.165) is 12.0 Å². The summed E-state index contributed by atoms with van der Waals surface area (Å²) in [5, 5.41) is 0. The van der Waals surface area contributed by atoms with Gasteiger partial charge in [0.1, 0.15) is 17.6 Å². The fourth-order valence-corrected chi connectivity index (χ4v) is 6.44. The van der Waals surface area contributed by atoms with Crippen LogP contribution < -0.4 is 9.47 Å². The number of ketones is 1. The Morgan fingerprint density at radius 1 is 1.00 bits per heavy atom. The maximum absolute atomic E-state index is 12.7. The number of esters is 3. The third-order valence-electron chi connectivity index (χ3n) is 7.06. The third-order valence-corrected chi connectivity index (χ3v) is 8.26. The number of fused-ring (bicyclic) bond motifs is 1. The zero-order valence-electron chi connectivity index (χ0n) is 18.8. The largest absolute Gasteiger partial charge is 0.497 e. The lowest BCUT2D eigenvalue weighted by Crippen LogP contribution is -2.39. The standard InChI is InChI=1S/C26H23BrO8/c1-32-15-6-2-13(3-7-15)10-20(29)34-16-8-4-14(5-9-16)19(28)12-33-25(30)21-17-11-18-22(21)26(31)35-24(18)23(17)27/h2-9,17-18,21-24H,10-12H2,1H3/t17-,18-,21-,22-,23-,24+/m1/s1. The number of carbonyl (C=O) groups is 4. The van der Waals surface area contributed by atoms with Gasteiger partial charge in [-0.1, -0.05) is 28.1 Å². The fraction of sp³-hybridized carbons (Fsp3) is 0.385. The third kappa shape index (κ3) is 4.45. The Labute approximate surface area is 210 Å². The fourth-order valence-electron chi connectivity index (χ4n) is 5.40. The molecule has 3 fully saturated rings. The second-order valence-electron chi connectivity index (χ2n) is 9.02. The maximum atomic E-state index is 12.7. The van der Waals surface area contributed by atoms with E-state index in [0.29, 0.717) is 17.1 Å². The molecule has 2 aliphatic carbocycles. The van der Waals surface area contributed by atoms with E-state index < -0.39 is 30.4 Å². The second-order valence-corrected chi connectivity index (χ2v) is 10.1. The predicted molar refractivity (Wildman–Crippen MR) is 125 cm³/mol. The molecule has 6 atom stereocenters. The van der Waals surface area contributed by atoms with E-state index >= 15 is 0 Å². The molecule has 0 N–H and O–H groups in total. The second kappa shape index (κ2) is 9.45. The molecular formula is C26H23BrO8. The van der Waals surface area contributed by atoms with Gasteiger partial charge in [0.25, 0.3) is 0 Å². The van der Waals surface area contributed by atoms with Crippen molar-refractivity contribution in [2.45, 2.75) is 23.8 Å². The van der Waals surface area contributed by atoms with E-state index in [9.17, 15) is 19.2 Å². The quantitative estimate of drug-likeness (QED) is 0.217. The number of hydrogen-bond donors (Lipinski definition) is 0. The summed E-state index contributed by atoms with van der Waals surface area (Å²) in [6.45, 7) is -0.429. The Balaban J connectivity index is 1.13. The molecule has 2 saturated carbocycles. The van der Waals surface area contributed by atoms with Crippen molar-refractivity contribution >= 4 is 39.6 Å². The Hall–Kier alpha value is -3.20. The predicted octanol–water partition coefficient (Wildman–Crippen LogP) is 3.14. The van der Waals surface area contributed by atoms with Crippen molar-refractivity contribution in [1.82, 2.24) is 0 Å². The van der Waals surface area contributed by atoms with E-state index in [1.54, 1.807) is 31.4 Å². The van der Waals surface area contributed by atoms with E-state index in [1.165, 1.54) is 24.3 Å². The van der Waals surface area contributed by atoms with Gasteiger partial charge < -0.3 is 18.9 Å². The molecule has 2 aromatic carbocycles. The summed E-state index contributed by atoms with van der Waals surface area (Å²) in [5.74, 6) is -1.78. The molecular weight excluding hydrogens is 520 g/mol. The number of benzene rings is 2. The van der Waals surface area contributed by atoms with Gasteiger partial charge in [-0.2, -0.15) is 0 Å². The highest BCUT2D eigenvalue weighted by Crippen LogP contribution is 2.60. The van der Waals surface area contributed by atoms with Gasteiger partial charge in [0.05, 0.1) is 30.2 Å². The number of hydrogen-bond acceptors (Lipinski definition) is 8. The smallest absolute Gasteiger partial charge is 0.315 e. The van der Waals surface area contributed by atoms with Crippen molar-refractivity contribution in [1.29, 1.82) is 0 Å². The summed E-state index contributed by atoms with van der Waals surface area (Å²) in [5.41, 5.74) is 1.10. The lowest BCUT2D eigenvalue weighted by molar-refractivity contribution is -0.154. The average Bonchev–Trinajstić information content (AvgIpc) is 3.47. The highest BCUT2D eigenvalue weighted by atomic mass is 79.9. The highest BCUT2D eigenvalue weighted by molar-refractivity contribution is 9.09. The lowest BCUT2D eigenvalue weighted by atomic mass is 9.80. The first-order chi connectivity index (χ1) is 16.9. The van der Waals surface area contributed by atoms with E-state index in [4.69, 9.17) is 18.9 Å². The van der Waals surface area contributed by atoms with Crippen LogP contribution in [-0.4, -0.2) is 48.3 Å². The molecule has 5 rings (SSSR count). The van der Waals surface area contributed by atoms with Crippen molar-refractivity contribution in [3.05, 3.63) is 59.7 Å². The van der Waals surface area contributed by atoms with Crippen molar-refractivity contribution in [3.8, 4) is 11.5 Å². The van der Waals surface area contributed by atoms with Crippen LogP contribution in [-0.2, 0) is 30.3 Å². The summed E-state index contributed by atoms with van der Waals surface area (Å²) in [4.78, 5) is 49.6. The van der Waals surface area contributed by atoms with Crippen molar-refractivity contribution < 1.29 is 38.1 Å². The monoisotopic (exact) mass is 542 g/mol. The summed E-state index contributed by atoms with van der Waals surface area (Å²) in [6.07, 6.45) is 0.657. The Morgan fingerprint density at radius 3 is 2.37 bits per heavy atom. The van der Waals surface area contributed by atoms with Gasteiger partial charge >= 0.3 is 17.9 Å². The molecule has 0 spiro atoms. The van der Waals surface area contributed by atoms with Gasteiger partial charge in [-0.3, -0.25) is 19.2 Å². The van der Waals surface area contributed by atoms with Crippen molar-refractivity contribution in [2.75, 3.05) is 13.7 Å². The minimum Gasteiger partial charge on any atom is -0.497 e. The van der Waals surface area contributed by atoms with Crippen molar-refractivity contribution in [3.63, 3.8) is 0 Å². The Bertz CT molecular complexity index is 1160. The number of ether oxygens (including phenoxy) is 4. The molecule has 0 radical (unpaired) electrons. The molecule has 0 amide bonds. The van der Waals surface area contributed by atoms with Crippen LogP contribution >= 0.6 is 15.9 Å². The molecule has 1 saturated heterocycles. The van der Waals surface area contributed by atoms with Crippen LogP contribution in [0.15, 0.2) is 48.5 Å². The Kier molecular flexibility index (Phi) is 6.35. The molecule has 35 heavy (non-hydrogen) atoms. The van der Waals surface area contributed by atoms with Crippen LogP contribution in [0.1, 0.15) is 22.3 Å². The number of alkyl halides is 1. The van der Waals surface area contributed by atoms with Crippen LogP contribution in [0, 0.1) is 23.7 Å². The van der Waals surface area contributed by atoms with Gasteiger partial charge in [-0.25, -0.2) is 0 Å². The first kappa shape index (κ1) is 23.5. The molecule has 182 valence electrons. The van der Waals surface area contributed by atoms with Gasteiger partial charge in [0.15, 0.2) is 12.4 Å². The number of Topliss-reactive ketones (excluding diaryl/α,β-unsaturated/α-hetero) is 1. The minimum atomic E-state index is -0.587. The number of methoxy groups -OCH3 is 1. The van der Waals surface area contributed by atoms with Gasteiger partial charge in [0.2, 0.25) is 0 Å². The molecule has 2 aromatic rings. The number of carbonyl (C=O) groups excluding carboxylic acids is 4. The zero-order valence-corrected chi connectivity index (χ0v) is 20.4. The topological polar surface area (TPSA) is 105 Å². The van der Waals surface area contributed by atoms with Crippen LogP contribution in [0.3, 0.4) is 0 Å². The summed E-state index contributed by atoms with van der Waals surface area (Å²) in [6, 6.07) is 13.1. The molecule has 1 heterocycles. The molecule has 1 aliphatic heterocycles. The highest BCUT2D eigenvalue weighted by Gasteiger charge is 2.68. The molecule has 0 aromatic heterocycles. The first-order valence-electron chi connectivity index (χ1n) is 11.3. The SMILES string of the molecule is COc1ccc(CC(=O)Oc2ccc(C(=O)COC(=O)[C@@H]3[C@H]4C[C@H]5[C@H](OC(=O)[C@H]53)[C@@H]4Br)cc2)cc1. The van der Waals surface area contributed by atoms with E-state index in [2.05, 4.69) is 15.9 Å². The van der Waals surface area contributed by atoms with E-state index in [-0.39, 0.29) is 40.9 Å². The summed E-state index contributed by atoms with van der Waals surface area (Å²) >= 11 is 3.56. The molecule has 8 nitrogen and oxygen atoms in total. The number of rotatable bonds is 8. The summed E-state index contributed by atoms with van der Waals surface area (Å²) < 4.78 is 21.1. The van der Waals surface area contributed by atoms with E-state index in [1.807, 2.05) is 0 Å². The van der Waals surface area contributed by atoms with Crippen LogP contribution in [0.25, 0.3) is 0 Å². The Morgan fingerprint density at radius 2 is 1.69 bits per heavy atom. The first-order valence-corrected chi connectivity index (χ1v) is 12.3. The van der Waals surface area contributed by atoms with Gasteiger partial charge in [0, 0.05) is 11.5 Å². The molecule has 9 heteroatoms. The maximum Gasteiger partial charge on any atom is 0.315 e. The van der Waals surface area contributed by atoms with Crippen LogP contribution in [0.5, 0.6) is 11.5 Å². The van der Waals surface area contributed by atoms with Crippen LogP contribution in [0.4, 0.5) is 0 Å². The summed E-state index contributed by atoms with van der Waals surface area (Å²) in [7, 11) is 1.57. The van der Waals surface area contributed by atoms with Crippen LogP contribution in [0.2, 0.25) is 0 Å². The average molecular weight is 543 g/mol. The minimum absolute atomic E-state index is 0.0315. The van der Waals surface area contributed by atoms with Gasteiger partial charge in [-0.15, -0.1) is 0 Å². The van der Waals surface area contributed by atoms with Crippen molar-refractivity contribution in [2.24, 2.45) is 23.7 Å². The zero-order chi connectivity index (χ0) is 24.7. The molecule has 2 bridgehead atoms. The molecule has 3 aliphatic rings. The molecule has 0 unspecified atom stereocenters.